The lowest BCUT2D eigenvalue weighted by Gasteiger charge is -2.11. The zero-order valence-corrected chi connectivity index (χ0v) is 54.9. The first-order valence-corrected chi connectivity index (χ1v) is 28.5. The predicted molar refractivity (Wildman–Crippen MR) is 314 cm³/mol. The molecule has 0 radical (unpaired) electrons. The Morgan fingerprint density at radius 3 is 0.976 bits per heavy atom. The smallest absolute Gasteiger partial charge is 0.166 e. The van der Waals surface area contributed by atoms with E-state index in [-0.39, 0.29) is 19.1 Å². The Morgan fingerprint density at radius 2 is 0.627 bits per heavy atom. The van der Waals surface area contributed by atoms with Crippen LogP contribution < -0.4 is 0 Å². The third-order valence-electron chi connectivity index (χ3n) is 8.70. The van der Waals surface area contributed by atoms with E-state index in [2.05, 4.69) is 31.9 Å². The lowest BCUT2D eigenvalue weighted by atomic mass is 10.1. The van der Waals surface area contributed by atoms with E-state index in [1.54, 1.807) is 63.4 Å². The minimum atomic E-state index is -4.79. The van der Waals surface area contributed by atoms with Crippen molar-refractivity contribution in [3.63, 3.8) is 0 Å². The van der Waals surface area contributed by atoms with Crippen molar-refractivity contribution < 1.29 is 105 Å². The number of benzene rings is 7. The third-order valence-corrected chi connectivity index (χ3v) is 15.1. The fraction of sp³-hybridized carbons (Fsp3) is 0.160. The van der Waals surface area contributed by atoms with Gasteiger partial charge in [-0.15, -0.1) is 0 Å². The van der Waals surface area contributed by atoms with Crippen molar-refractivity contribution in [1.82, 2.24) is 0 Å². The first-order chi connectivity index (χ1) is 37.4. The van der Waals surface area contributed by atoms with Crippen LogP contribution in [0.5, 0.6) is 0 Å². The van der Waals surface area contributed by atoms with Gasteiger partial charge in [-0.2, -0.15) is 105 Å². The summed E-state index contributed by atoms with van der Waals surface area (Å²) < 4.78 is 292. The molecule has 0 unspecified atom stereocenters. The number of alkyl halides is 24. The SMILES string of the molecule is FC(F)(F)c1cc(Br)cc(C(F)(F)F)c1.FC(F)(F)c1ccc(Cl)c(I)c1.FC(F)(F)c1ccc(I)c(Cl)c1.FC(F)(F)c1ccc(I)cc1.FC(F)(F)c1cccc(Br)c1.FC(F)(F)c1cccc(I)c1.FC(F)(F)c1ccccc1I. The Hall–Kier alpha value is -1.95. The average Bonchev–Trinajstić information content (AvgIpc) is 3.48. The van der Waals surface area contributed by atoms with Crippen molar-refractivity contribution in [3.05, 3.63) is 233 Å². The number of hydrogen-bond acceptors (Lipinski definition) is 0. The van der Waals surface area contributed by atoms with Crippen LogP contribution in [0, 0.1) is 17.9 Å². The van der Waals surface area contributed by atoms with Crippen LogP contribution in [0.3, 0.4) is 0 Å². The Morgan fingerprint density at radius 1 is 0.253 bits per heavy atom. The molecule has 0 N–H and O–H groups in total. The summed E-state index contributed by atoms with van der Waals surface area (Å²) in [6.07, 6.45) is -35.1. The van der Waals surface area contributed by atoms with Gasteiger partial charge >= 0.3 is 49.4 Å². The summed E-state index contributed by atoms with van der Waals surface area (Å²) in [7, 11) is 0. The first kappa shape index (κ1) is 79.1. The standard InChI is InChI=1S/C8H3BrF6.C7H4BrF3.2C7H3ClF3I.3C7H4F3I/c9-6-2-4(7(10,11)12)1-5(3-6)8(13,14)15;8-6-3-1-2-5(4-6)7(9,10)11;8-5-3-4(7(9,10)11)1-2-6(5)12;8-5-2-1-4(3-6(5)12)7(9,10)11;8-7(9,10)5-1-3-6(11)4-2-5;8-7(9,10)5-2-1-3-6(11)4-5;8-7(9,10)5-3-1-2-4-6(5)11/h1-3H;1-4H;2*1-3H;3*1-4H. The summed E-state index contributed by atoms with van der Waals surface area (Å²) in [4.78, 5) is 0. The number of halogens is 33. The van der Waals surface area contributed by atoms with Crippen LogP contribution >= 0.6 is 168 Å². The lowest BCUT2D eigenvalue weighted by Crippen LogP contribution is -2.10. The summed E-state index contributed by atoms with van der Waals surface area (Å²) in [5, 5.41) is 0.467. The van der Waals surface area contributed by atoms with E-state index >= 15 is 0 Å². The van der Waals surface area contributed by atoms with E-state index in [0.717, 1.165) is 70.3 Å². The molecule has 0 aliphatic carbocycles. The molecule has 7 aromatic carbocycles. The Balaban J connectivity index is 0.000000485. The molecule has 0 fully saturated rings. The highest BCUT2D eigenvalue weighted by Crippen LogP contribution is 2.39. The predicted octanol–water partition coefficient (Wildman–Crippen LogP) is 25.8. The normalized spacial score (nSPS) is 11.9. The van der Waals surface area contributed by atoms with Crippen LogP contribution in [0.25, 0.3) is 0 Å². The minimum Gasteiger partial charge on any atom is -0.166 e. The molecule has 0 saturated heterocycles. The zero-order chi connectivity index (χ0) is 64.5. The Kier molecular flexibility index (Phi) is 32.0. The lowest BCUT2D eigenvalue weighted by molar-refractivity contribution is -0.143. The summed E-state index contributed by atoms with van der Waals surface area (Å²) in [6.45, 7) is 0. The molecular weight excluding hydrogens is 1920 g/mol. The van der Waals surface area contributed by atoms with Crippen molar-refractivity contribution >= 4 is 168 Å². The van der Waals surface area contributed by atoms with Gasteiger partial charge in [-0.25, -0.2) is 0 Å². The maximum atomic E-state index is 12.1. The van der Waals surface area contributed by atoms with Gasteiger partial charge in [0.15, 0.2) is 0 Å². The van der Waals surface area contributed by atoms with Gasteiger partial charge in [0.1, 0.15) is 0 Å². The summed E-state index contributed by atoms with van der Waals surface area (Å²) in [6, 6.07) is 28.4. The van der Waals surface area contributed by atoms with E-state index < -0.39 is 93.9 Å². The zero-order valence-electron chi connectivity index (χ0n) is 39.4. The Bertz CT molecular complexity index is 2990. The van der Waals surface area contributed by atoms with Crippen molar-refractivity contribution in [2.24, 2.45) is 0 Å². The van der Waals surface area contributed by atoms with E-state index in [0.29, 0.717) is 32.3 Å². The van der Waals surface area contributed by atoms with Gasteiger partial charge in [0.25, 0.3) is 0 Å². The number of rotatable bonds is 0. The van der Waals surface area contributed by atoms with Gasteiger partial charge in [0.05, 0.1) is 54.6 Å². The van der Waals surface area contributed by atoms with Crippen LogP contribution in [0.15, 0.2) is 161 Å². The second-order valence-corrected chi connectivity index (χ2v) is 23.6. The molecule has 0 bridgehead atoms. The Labute approximate surface area is 549 Å². The molecule has 0 amide bonds. The van der Waals surface area contributed by atoms with Gasteiger partial charge in [-0.05, 0) is 240 Å². The molecule has 0 aliphatic heterocycles. The largest absolute Gasteiger partial charge is 0.417 e. The van der Waals surface area contributed by atoms with E-state index in [1.165, 1.54) is 48.5 Å². The molecule has 33 heteroatoms. The van der Waals surface area contributed by atoms with Crippen LogP contribution in [-0.4, -0.2) is 0 Å². The first-order valence-electron chi connectivity index (χ1n) is 20.7. The fourth-order valence-corrected chi connectivity index (χ4v) is 8.56. The second-order valence-electron chi connectivity index (χ2n) is 15.0. The molecule has 456 valence electrons. The number of hydrogen-bond donors (Lipinski definition) is 0. The molecule has 0 atom stereocenters. The van der Waals surface area contributed by atoms with Gasteiger partial charge < -0.3 is 0 Å². The summed E-state index contributed by atoms with van der Waals surface area (Å²) in [5.41, 5.74) is -6.44. The molecule has 0 nitrogen and oxygen atoms in total. The molecule has 7 aromatic rings. The van der Waals surface area contributed by atoms with E-state index in [9.17, 15) is 105 Å². The van der Waals surface area contributed by atoms with Gasteiger partial charge in [0, 0.05) is 26.8 Å². The van der Waals surface area contributed by atoms with Crippen LogP contribution in [-0.2, 0) is 49.4 Å². The molecule has 0 saturated carbocycles. The molecule has 83 heavy (non-hydrogen) atoms. The van der Waals surface area contributed by atoms with E-state index in [1.807, 2.05) is 67.8 Å². The third kappa shape index (κ3) is 31.2. The topological polar surface area (TPSA) is 0 Å². The highest BCUT2D eigenvalue weighted by Gasteiger charge is 2.38. The average molecular weight is 1950 g/mol. The van der Waals surface area contributed by atoms with Gasteiger partial charge in [-0.3, -0.25) is 0 Å². The summed E-state index contributed by atoms with van der Waals surface area (Å²) >= 11 is 25.7. The highest BCUT2D eigenvalue weighted by atomic mass is 127. The van der Waals surface area contributed by atoms with Crippen molar-refractivity contribution in [2.45, 2.75) is 49.4 Å². The minimum absolute atomic E-state index is 0.0742. The maximum absolute atomic E-state index is 12.1. The quantitative estimate of drug-likeness (QED) is 0.105. The van der Waals surface area contributed by atoms with Crippen LogP contribution in [0.2, 0.25) is 10.0 Å². The van der Waals surface area contributed by atoms with Crippen LogP contribution in [0.1, 0.15) is 44.5 Å². The molecule has 0 aliphatic rings. The highest BCUT2D eigenvalue weighted by molar-refractivity contribution is 14.1. The van der Waals surface area contributed by atoms with Gasteiger partial charge in [0.2, 0.25) is 0 Å². The van der Waals surface area contributed by atoms with Crippen LogP contribution in [0.4, 0.5) is 105 Å². The molecule has 0 spiro atoms. The van der Waals surface area contributed by atoms with Crippen molar-refractivity contribution in [3.8, 4) is 0 Å². The fourth-order valence-electron chi connectivity index (χ4n) is 4.92. The van der Waals surface area contributed by atoms with E-state index in [4.69, 9.17) is 23.2 Å². The monoisotopic (exact) mass is 1940 g/mol. The second kappa shape index (κ2) is 33.6. The molecule has 0 aromatic heterocycles. The maximum Gasteiger partial charge on any atom is 0.417 e. The van der Waals surface area contributed by atoms with Crippen molar-refractivity contribution in [2.75, 3.05) is 0 Å². The summed E-state index contributed by atoms with van der Waals surface area (Å²) in [5.74, 6) is 0. The van der Waals surface area contributed by atoms with Crippen molar-refractivity contribution in [1.29, 1.82) is 0 Å². The molecule has 0 heterocycles. The van der Waals surface area contributed by atoms with Gasteiger partial charge in [-0.1, -0.05) is 79.3 Å². The molecule has 7 rings (SSSR count). The molecular formula is C50H25Br2Cl2F24I5.